The summed E-state index contributed by atoms with van der Waals surface area (Å²) in [6.45, 7) is 7.35. The molecule has 0 N–H and O–H groups in total. The molecule has 13 heavy (non-hydrogen) atoms. The van der Waals surface area contributed by atoms with Gasteiger partial charge in [0.05, 0.1) is 0 Å². The van der Waals surface area contributed by atoms with Gasteiger partial charge in [-0.3, -0.25) is 0 Å². The molecule has 0 bridgehead atoms. The van der Waals surface area contributed by atoms with E-state index in [1.807, 2.05) is 3.11 Å². The van der Waals surface area contributed by atoms with Gasteiger partial charge in [-0.05, 0) is 0 Å². The Kier molecular flexibility index (Phi) is 3.31. The second kappa shape index (κ2) is 4.31. The zero-order chi connectivity index (χ0) is 9.26. The van der Waals surface area contributed by atoms with Gasteiger partial charge in [-0.1, -0.05) is 0 Å². The summed E-state index contributed by atoms with van der Waals surface area (Å²) in [6, 6.07) is 0. The standard InChI is InChI=1S/C10H16NSe2/c1-8-9(2)13-10(12-8)11-6-4-3-5-7-11/h3-7H2,1-2H3/q+1. The summed E-state index contributed by atoms with van der Waals surface area (Å²) in [4.78, 5) is 0. The minimum absolute atomic E-state index is 0.724. The fourth-order valence-electron chi connectivity index (χ4n) is 1.63. The van der Waals surface area contributed by atoms with E-state index in [1.165, 1.54) is 32.4 Å². The second-order valence-corrected chi connectivity index (χ2v) is 9.99. The molecule has 0 amide bonds. The fourth-order valence-corrected chi connectivity index (χ4v) is 8.82. The van der Waals surface area contributed by atoms with Crippen LogP contribution < -0.4 is 7.68 Å². The first-order valence-corrected chi connectivity index (χ1v) is 8.35. The molecule has 0 saturated carbocycles. The summed E-state index contributed by atoms with van der Waals surface area (Å²) < 4.78 is 7.90. The van der Waals surface area contributed by atoms with Crippen molar-refractivity contribution >= 4 is 29.0 Å². The molecule has 72 valence electrons. The Balaban J connectivity index is 2.40. The average Bonchev–Trinajstić information content (AvgIpc) is 2.49. The fraction of sp³-hybridized carbons (Fsp3) is 0.700. The van der Waals surface area contributed by atoms with Crippen LogP contribution in [-0.2, 0) is 0 Å². The van der Waals surface area contributed by atoms with E-state index in [9.17, 15) is 0 Å². The van der Waals surface area contributed by atoms with Gasteiger partial charge in [0, 0.05) is 0 Å². The summed E-state index contributed by atoms with van der Waals surface area (Å²) in [7, 11) is 0. The van der Waals surface area contributed by atoms with E-state index >= 15 is 0 Å². The molecule has 0 unspecified atom stereocenters. The van der Waals surface area contributed by atoms with Crippen molar-refractivity contribution in [3.05, 3.63) is 12.0 Å². The Labute approximate surface area is 91.6 Å². The Bertz CT molecular complexity index is 329. The number of aryl methyl sites for hydroxylation is 2. The van der Waals surface area contributed by atoms with Gasteiger partial charge in [-0.2, -0.15) is 0 Å². The van der Waals surface area contributed by atoms with Crippen LogP contribution in [0.5, 0.6) is 0 Å². The summed E-state index contributed by atoms with van der Waals surface area (Å²) in [5.41, 5.74) is 0. The molecule has 0 atom stereocenters. The molecule has 1 fully saturated rings. The third-order valence-corrected chi connectivity index (χ3v) is 9.45. The molecule has 0 spiro atoms. The summed E-state index contributed by atoms with van der Waals surface area (Å²) >= 11 is 1.45. The zero-order valence-electron chi connectivity index (χ0n) is 8.30. The van der Waals surface area contributed by atoms with Crippen LogP contribution in [0.15, 0.2) is 0 Å². The molecular formula is C10H16NSe2+. The molecule has 2 heterocycles. The first-order chi connectivity index (χ1) is 6.27. The molecule has 0 aromatic carbocycles. The van der Waals surface area contributed by atoms with Crippen molar-refractivity contribution in [1.29, 1.82) is 0 Å². The summed E-state index contributed by atoms with van der Waals surface area (Å²) in [5.74, 6) is 0. The zero-order valence-corrected chi connectivity index (χ0v) is 11.7. The number of hydrogen-bond donors (Lipinski definition) is 0. The Hall–Kier alpha value is 0.449. The Morgan fingerprint density at radius 3 is 2.00 bits per heavy atom. The number of hydrogen-bond acceptors (Lipinski definition) is 0. The van der Waals surface area contributed by atoms with Crippen LogP contribution in [0.4, 0.5) is 0 Å². The van der Waals surface area contributed by atoms with E-state index in [2.05, 4.69) is 18.4 Å². The van der Waals surface area contributed by atoms with E-state index in [0.717, 1.165) is 29.0 Å². The predicted molar refractivity (Wildman–Crippen MR) is 58.7 cm³/mol. The van der Waals surface area contributed by atoms with Gasteiger partial charge in [0.25, 0.3) is 0 Å². The SMILES string of the molecule is Cc1[se]c(=[N+]2CCCCC2)[se]c1C. The van der Waals surface area contributed by atoms with Crippen LogP contribution in [0, 0.1) is 13.8 Å². The minimum atomic E-state index is 0.724. The van der Waals surface area contributed by atoms with Crippen molar-refractivity contribution in [2.45, 2.75) is 33.1 Å². The van der Waals surface area contributed by atoms with Crippen molar-refractivity contribution in [3.8, 4) is 0 Å². The van der Waals surface area contributed by atoms with E-state index in [-0.39, 0.29) is 0 Å². The van der Waals surface area contributed by atoms with Crippen LogP contribution in [0.3, 0.4) is 0 Å². The van der Waals surface area contributed by atoms with E-state index in [1.54, 1.807) is 8.87 Å². The van der Waals surface area contributed by atoms with Gasteiger partial charge in [0.15, 0.2) is 0 Å². The molecule has 1 aliphatic heterocycles. The van der Waals surface area contributed by atoms with Crippen molar-refractivity contribution < 1.29 is 0 Å². The van der Waals surface area contributed by atoms with Gasteiger partial charge in [-0.25, -0.2) is 0 Å². The Morgan fingerprint density at radius 1 is 0.923 bits per heavy atom. The normalized spacial score (nSPS) is 17.8. The third-order valence-electron chi connectivity index (χ3n) is 2.59. The topological polar surface area (TPSA) is 3.01 Å². The molecule has 1 aromatic rings. The number of piperidine rings is 1. The third kappa shape index (κ3) is 2.27. The van der Waals surface area contributed by atoms with Gasteiger partial charge in [0.1, 0.15) is 0 Å². The van der Waals surface area contributed by atoms with Crippen molar-refractivity contribution in [1.82, 2.24) is 4.58 Å². The van der Waals surface area contributed by atoms with Crippen LogP contribution in [-0.4, -0.2) is 42.1 Å². The molecular weight excluding hydrogens is 292 g/mol. The van der Waals surface area contributed by atoms with Gasteiger partial charge >= 0.3 is 91.8 Å². The van der Waals surface area contributed by atoms with Gasteiger partial charge in [-0.15, -0.1) is 0 Å². The van der Waals surface area contributed by atoms with Crippen LogP contribution in [0.25, 0.3) is 0 Å². The van der Waals surface area contributed by atoms with E-state index in [0.29, 0.717) is 0 Å². The predicted octanol–water partition coefficient (Wildman–Crippen LogP) is 0.374. The molecule has 1 aromatic heterocycles. The summed E-state index contributed by atoms with van der Waals surface area (Å²) in [6.07, 6.45) is 4.30. The first-order valence-electron chi connectivity index (χ1n) is 4.92. The maximum atomic E-state index is 2.68. The van der Waals surface area contributed by atoms with Gasteiger partial charge < -0.3 is 0 Å². The van der Waals surface area contributed by atoms with Crippen molar-refractivity contribution in [2.75, 3.05) is 13.1 Å². The van der Waals surface area contributed by atoms with Crippen molar-refractivity contribution in [2.24, 2.45) is 0 Å². The van der Waals surface area contributed by atoms with Crippen LogP contribution in [0.2, 0.25) is 0 Å². The molecule has 0 radical (unpaired) electrons. The van der Waals surface area contributed by atoms with Gasteiger partial charge in [0.2, 0.25) is 0 Å². The molecule has 1 saturated heterocycles. The summed E-state index contributed by atoms with van der Waals surface area (Å²) in [5, 5.41) is 0. The molecule has 0 aliphatic carbocycles. The van der Waals surface area contributed by atoms with Crippen LogP contribution >= 0.6 is 0 Å². The number of rotatable bonds is 0. The molecule has 2 rings (SSSR count). The maximum absolute atomic E-state index is 2.68. The first kappa shape index (κ1) is 9.98. The quantitative estimate of drug-likeness (QED) is 0.481. The van der Waals surface area contributed by atoms with E-state index in [4.69, 9.17) is 0 Å². The second-order valence-electron chi connectivity index (χ2n) is 3.63. The van der Waals surface area contributed by atoms with Crippen molar-refractivity contribution in [3.63, 3.8) is 0 Å². The molecule has 1 nitrogen and oxygen atoms in total. The monoisotopic (exact) mass is 310 g/mol. The Morgan fingerprint density at radius 2 is 1.46 bits per heavy atom. The molecule has 1 aliphatic rings. The van der Waals surface area contributed by atoms with Crippen LogP contribution in [0.1, 0.15) is 28.1 Å². The molecule has 3 heteroatoms. The number of nitrogens with zero attached hydrogens (tertiary/aromatic N) is 1. The average molecular weight is 308 g/mol. The van der Waals surface area contributed by atoms with E-state index < -0.39 is 0 Å².